The minimum atomic E-state index is 0.375. The number of nitrogen functional groups attached to an aromatic ring is 1. The molecule has 0 spiro atoms. The van der Waals surface area contributed by atoms with Crippen LogP contribution in [-0.4, -0.2) is 16.2 Å². The van der Waals surface area contributed by atoms with Gasteiger partial charge in [-0.15, -0.1) is 0 Å². The number of hydrogen-bond donors (Lipinski definition) is 2. The monoisotopic (exact) mass is 290 g/mol. The second-order valence-corrected chi connectivity index (χ2v) is 5.29. The Hall–Kier alpha value is -1.79. The Labute approximate surface area is 122 Å². The van der Waals surface area contributed by atoms with Gasteiger partial charge in [0.25, 0.3) is 0 Å². The van der Waals surface area contributed by atoms with E-state index >= 15 is 0 Å². The molecular weight excluding hydrogens is 272 g/mol. The van der Waals surface area contributed by atoms with Gasteiger partial charge in [0.05, 0.1) is 0 Å². The van der Waals surface area contributed by atoms with Crippen LogP contribution in [0.5, 0.6) is 11.6 Å². The highest BCUT2D eigenvalue weighted by molar-refractivity contribution is 7.98. The first-order valence-corrected chi connectivity index (χ1v) is 7.53. The van der Waals surface area contributed by atoms with Crippen molar-refractivity contribution in [2.75, 3.05) is 11.7 Å². The van der Waals surface area contributed by atoms with Crippen molar-refractivity contribution in [3.63, 3.8) is 0 Å². The predicted molar refractivity (Wildman–Crippen MR) is 82.2 cm³/mol. The van der Waals surface area contributed by atoms with Crippen LogP contribution in [0, 0.1) is 0 Å². The van der Waals surface area contributed by atoms with Crippen LogP contribution in [-0.2, 0) is 0 Å². The van der Waals surface area contributed by atoms with E-state index in [0.29, 0.717) is 22.8 Å². The second kappa shape index (κ2) is 6.58. The molecule has 1 aromatic heterocycles. The second-order valence-electron chi connectivity index (χ2n) is 4.52. The SMILES string of the molecule is CSc1nc(NN)cc(Oc2ccccc2C(C)C)n1. The molecule has 1 aromatic carbocycles. The quantitative estimate of drug-likeness (QED) is 0.380. The predicted octanol–water partition coefficient (Wildman–Crippen LogP) is 3.40. The van der Waals surface area contributed by atoms with Crippen LogP contribution in [0.1, 0.15) is 25.3 Å². The highest BCUT2D eigenvalue weighted by Crippen LogP contribution is 2.30. The molecule has 0 bridgehead atoms. The largest absolute Gasteiger partial charge is 0.439 e. The molecule has 0 saturated heterocycles. The lowest BCUT2D eigenvalue weighted by Gasteiger charge is -2.13. The smallest absolute Gasteiger partial charge is 0.225 e. The molecule has 0 aliphatic heterocycles. The number of ether oxygens (including phenoxy) is 1. The molecule has 0 aliphatic rings. The third-order valence-corrected chi connectivity index (χ3v) is 3.32. The third kappa shape index (κ3) is 3.40. The number of thioether (sulfide) groups is 1. The van der Waals surface area contributed by atoms with Gasteiger partial charge in [-0.05, 0) is 23.8 Å². The van der Waals surface area contributed by atoms with Crippen LogP contribution in [0.2, 0.25) is 0 Å². The number of hydrogen-bond acceptors (Lipinski definition) is 6. The van der Waals surface area contributed by atoms with Crippen molar-refractivity contribution in [2.45, 2.75) is 24.9 Å². The minimum Gasteiger partial charge on any atom is -0.439 e. The maximum Gasteiger partial charge on any atom is 0.225 e. The molecule has 0 saturated carbocycles. The maximum absolute atomic E-state index is 5.90. The molecule has 1 heterocycles. The summed E-state index contributed by atoms with van der Waals surface area (Å²) in [5.74, 6) is 7.59. The molecule has 0 radical (unpaired) electrons. The number of nitrogens with two attached hydrogens (primary N) is 1. The van der Waals surface area contributed by atoms with Crippen LogP contribution in [0.4, 0.5) is 5.82 Å². The van der Waals surface area contributed by atoms with E-state index in [-0.39, 0.29) is 0 Å². The van der Waals surface area contributed by atoms with Crippen molar-refractivity contribution < 1.29 is 4.74 Å². The van der Waals surface area contributed by atoms with Crippen molar-refractivity contribution in [3.05, 3.63) is 35.9 Å². The molecule has 0 atom stereocenters. The van der Waals surface area contributed by atoms with Gasteiger partial charge in [0.2, 0.25) is 5.88 Å². The van der Waals surface area contributed by atoms with Gasteiger partial charge in [0, 0.05) is 6.07 Å². The van der Waals surface area contributed by atoms with E-state index in [1.54, 1.807) is 6.07 Å². The van der Waals surface area contributed by atoms with Gasteiger partial charge in [-0.3, -0.25) is 0 Å². The zero-order chi connectivity index (χ0) is 14.5. The van der Waals surface area contributed by atoms with Crippen molar-refractivity contribution in [1.29, 1.82) is 0 Å². The van der Waals surface area contributed by atoms with Crippen LogP contribution in [0.15, 0.2) is 35.5 Å². The van der Waals surface area contributed by atoms with Gasteiger partial charge in [0.15, 0.2) is 5.16 Å². The molecule has 6 heteroatoms. The van der Waals surface area contributed by atoms with E-state index in [1.807, 2.05) is 24.5 Å². The third-order valence-electron chi connectivity index (χ3n) is 2.77. The number of rotatable bonds is 5. The molecule has 3 N–H and O–H groups in total. The number of anilines is 1. The van der Waals surface area contributed by atoms with Crippen LogP contribution >= 0.6 is 11.8 Å². The molecule has 2 rings (SSSR count). The first-order valence-electron chi connectivity index (χ1n) is 6.30. The summed E-state index contributed by atoms with van der Waals surface area (Å²) >= 11 is 1.44. The molecule has 0 amide bonds. The summed E-state index contributed by atoms with van der Waals surface area (Å²) in [5, 5.41) is 0.609. The van der Waals surface area contributed by atoms with Crippen LogP contribution in [0.25, 0.3) is 0 Å². The minimum absolute atomic E-state index is 0.375. The number of benzene rings is 1. The summed E-state index contributed by atoms with van der Waals surface area (Å²) in [6.45, 7) is 4.25. The Morgan fingerprint density at radius 2 is 2.00 bits per heavy atom. The Morgan fingerprint density at radius 3 is 2.65 bits per heavy atom. The lowest BCUT2D eigenvalue weighted by Crippen LogP contribution is -2.09. The Morgan fingerprint density at radius 1 is 1.25 bits per heavy atom. The molecule has 0 unspecified atom stereocenters. The van der Waals surface area contributed by atoms with Crippen LogP contribution < -0.4 is 16.0 Å². The highest BCUT2D eigenvalue weighted by atomic mass is 32.2. The topological polar surface area (TPSA) is 73.1 Å². The zero-order valence-corrected chi connectivity index (χ0v) is 12.6. The summed E-state index contributed by atoms with van der Waals surface area (Å²) in [6.07, 6.45) is 1.90. The number of hydrazine groups is 1. The number of aromatic nitrogens is 2. The number of para-hydroxylation sites is 1. The summed E-state index contributed by atoms with van der Waals surface area (Å²) in [7, 11) is 0. The Kier molecular flexibility index (Phi) is 4.81. The Bertz CT molecular complexity index is 567. The fraction of sp³-hybridized carbons (Fsp3) is 0.286. The van der Waals surface area contributed by atoms with E-state index < -0.39 is 0 Å². The van der Waals surface area contributed by atoms with Gasteiger partial charge in [-0.1, -0.05) is 43.8 Å². The molecule has 106 valence electrons. The standard InChI is InChI=1S/C14H18N4OS/c1-9(2)10-6-4-5-7-11(10)19-13-8-12(18-15)16-14(17-13)20-3/h4-9H,15H2,1-3H3,(H,16,17,18). The molecule has 2 aromatic rings. The fourth-order valence-electron chi connectivity index (χ4n) is 1.78. The normalized spacial score (nSPS) is 10.7. The van der Waals surface area contributed by atoms with Crippen molar-refractivity contribution in [2.24, 2.45) is 5.84 Å². The van der Waals surface area contributed by atoms with E-state index in [0.717, 1.165) is 11.3 Å². The molecule has 5 nitrogen and oxygen atoms in total. The van der Waals surface area contributed by atoms with Gasteiger partial charge >= 0.3 is 0 Å². The summed E-state index contributed by atoms with van der Waals surface area (Å²) < 4.78 is 5.90. The van der Waals surface area contributed by atoms with Gasteiger partial charge < -0.3 is 10.2 Å². The lowest BCUT2D eigenvalue weighted by atomic mass is 10.0. The Balaban J connectivity index is 2.34. The van der Waals surface area contributed by atoms with E-state index in [4.69, 9.17) is 10.6 Å². The lowest BCUT2D eigenvalue weighted by molar-refractivity contribution is 0.448. The molecule has 20 heavy (non-hydrogen) atoms. The molecule has 0 aliphatic carbocycles. The summed E-state index contributed by atoms with van der Waals surface area (Å²) in [6, 6.07) is 9.61. The van der Waals surface area contributed by atoms with E-state index in [2.05, 4.69) is 35.3 Å². The first-order chi connectivity index (χ1) is 9.63. The highest BCUT2D eigenvalue weighted by Gasteiger charge is 2.10. The van der Waals surface area contributed by atoms with Crippen molar-refractivity contribution >= 4 is 17.6 Å². The van der Waals surface area contributed by atoms with E-state index in [9.17, 15) is 0 Å². The average molecular weight is 290 g/mol. The molecule has 0 fully saturated rings. The zero-order valence-electron chi connectivity index (χ0n) is 11.8. The number of nitrogens with one attached hydrogen (secondary N) is 1. The van der Waals surface area contributed by atoms with Crippen LogP contribution in [0.3, 0.4) is 0 Å². The van der Waals surface area contributed by atoms with E-state index in [1.165, 1.54) is 11.8 Å². The average Bonchev–Trinajstić information content (AvgIpc) is 2.47. The van der Waals surface area contributed by atoms with Gasteiger partial charge in [-0.2, -0.15) is 4.98 Å². The summed E-state index contributed by atoms with van der Waals surface area (Å²) in [5.41, 5.74) is 3.66. The van der Waals surface area contributed by atoms with Crippen molar-refractivity contribution in [1.82, 2.24) is 9.97 Å². The van der Waals surface area contributed by atoms with Crippen molar-refractivity contribution in [3.8, 4) is 11.6 Å². The number of nitrogens with zero attached hydrogens (tertiary/aromatic N) is 2. The van der Waals surface area contributed by atoms with Gasteiger partial charge in [-0.25, -0.2) is 10.8 Å². The first kappa shape index (κ1) is 14.6. The molecular formula is C14H18N4OS. The summed E-state index contributed by atoms with van der Waals surface area (Å²) in [4.78, 5) is 8.53. The van der Waals surface area contributed by atoms with Gasteiger partial charge in [0.1, 0.15) is 11.6 Å². The maximum atomic E-state index is 5.90. The fourth-order valence-corrected chi connectivity index (χ4v) is 2.16.